The molecule has 7 nitrogen and oxygen atoms in total. The predicted octanol–water partition coefficient (Wildman–Crippen LogP) is 2.87. The fourth-order valence-electron chi connectivity index (χ4n) is 2.46. The van der Waals surface area contributed by atoms with Gasteiger partial charge in [0.2, 0.25) is 0 Å². The number of hydrogen-bond donors (Lipinski definition) is 1. The summed E-state index contributed by atoms with van der Waals surface area (Å²) < 4.78 is 33.4. The quantitative estimate of drug-likeness (QED) is 0.704. The molecule has 0 aliphatic rings. The van der Waals surface area contributed by atoms with Crippen LogP contribution in [0.5, 0.6) is 5.75 Å². The van der Waals surface area contributed by atoms with Crippen molar-refractivity contribution in [3.05, 3.63) is 65.4 Å². The molecule has 0 unspecified atom stereocenters. The van der Waals surface area contributed by atoms with Crippen LogP contribution in [0.1, 0.15) is 10.5 Å². The van der Waals surface area contributed by atoms with E-state index >= 15 is 0 Å². The number of aryl methyl sites for hydroxylation is 1. The lowest BCUT2D eigenvalue weighted by atomic mass is 10.2. The smallest absolute Gasteiger partial charge is 0.285 e. The van der Waals surface area contributed by atoms with Crippen LogP contribution in [0.2, 0.25) is 5.02 Å². The first-order valence-electron chi connectivity index (χ1n) is 7.81. The van der Waals surface area contributed by atoms with Gasteiger partial charge in [0.15, 0.2) is 0 Å². The zero-order chi connectivity index (χ0) is 19.6. The van der Waals surface area contributed by atoms with E-state index in [2.05, 4.69) is 4.98 Å². The molecule has 27 heavy (non-hydrogen) atoms. The van der Waals surface area contributed by atoms with Crippen LogP contribution in [0.15, 0.2) is 59.6 Å². The molecule has 0 radical (unpaired) electrons. The molecule has 0 fully saturated rings. The molecular weight excluding hydrogens is 390 g/mol. The molecule has 1 amide bonds. The molecule has 1 N–H and O–H groups in total. The Kier molecular flexibility index (Phi) is 5.20. The van der Waals surface area contributed by atoms with Crippen LogP contribution in [-0.2, 0) is 17.1 Å². The second-order valence-electron chi connectivity index (χ2n) is 5.65. The Morgan fingerprint density at radius 2 is 1.81 bits per heavy atom. The monoisotopic (exact) mass is 405 g/mol. The molecule has 1 aromatic heterocycles. The van der Waals surface area contributed by atoms with Gasteiger partial charge < -0.3 is 9.30 Å². The highest BCUT2D eigenvalue weighted by molar-refractivity contribution is 7.90. The van der Waals surface area contributed by atoms with Crippen molar-refractivity contribution in [2.45, 2.75) is 4.90 Å². The van der Waals surface area contributed by atoms with Crippen LogP contribution in [0.3, 0.4) is 0 Å². The number of nitrogens with zero attached hydrogens (tertiary/aromatic N) is 2. The van der Waals surface area contributed by atoms with Gasteiger partial charge >= 0.3 is 0 Å². The molecule has 1 heterocycles. The molecule has 0 aliphatic heterocycles. The Hall–Kier alpha value is -2.84. The molecule has 0 spiro atoms. The van der Waals surface area contributed by atoms with Crippen LogP contribution in [0.4, 0.5) is 0 Å². The highest BCUT2D eigenvalue weighted by atomic mass is 35.5. The van der Waals surface area contributed by atoms with Crippen molar-refractivity contribution >= 4 is 27.5 Å². The highest BCUT2D eigenvalue weighted by Gasteiger charge is 2.22. The summed E-state index contributed by atoms with van der Waals surface area (Å²) in [5.74, 6) is 0.127. The molecule has 3 rings (SSSR count). The number of benzene rings is 2. The minimum Gasteiger partial charge on any atom is -0.497 e. The van der Waals surface area contributed by atoms with Crippen LogP contribution < -0.4 is 9.46 Å². The number of carbonyl (C=O) groups is 1. The third-order valence-corrected chi connectivity index (χ3v) is 5.50. The molecule has 0 atom stereocenters. The maximum atomic E-state index is 12.4. The van der Waals surface area contributed by atoms with Gasteiger partial charge in [0.1, 0.15) is 17.3 Å². The lowest BCUT2D eigenvalue weighted by molar-refractivity contribution is 0.0977. The summed E-state index contributed by atoms with van der Waals surface area (Å²) in [7, 11) is -0.869. The van der Waals surface area contributed by atoms with Gasteiger partial charge in [0.05, 0.1) is 17.0 Å². The summed E-state index contributed by atoms with van der Waals surface area (Å²) in [4.78, 5) is 16.6. The van der Waals surface area contributed by atoms with Crippen molar-refractivity contribution in [1.29, 1.82) is 0 Å². The Bertz CT molecular complexity index is 1090. The van der Waals surface area contributed by atoms with Crippen LogP contribution in [-0.4, -0.2) is 31.0 Å². The first-order valence-corrected chi connectivity index (χ1v) is 9.67. The Morgan fingerprint density at radius 3 is 2.44 bits per heavy atom. The van der Waals surface area contributed by atoms with Gasteiger partial charge in [-0.25, -0.2) is 18.1 Å². The van der Waals surface area contributed by atoms with Gasteiger partial charge in [-0.1, -0.05) is 23.7 Å². The molecule has 0 bridgehead atoms. The molecule has 9 heteroatoms. The maximum Gasteiger partial charge on any atom is 0.285 e. The van der Waals surface area contributed by atoms with Crippen molar-refractivity contribution in [2.75, 3.05) is 7.11 Å². The normalized spacial score (nSPS) is 11.2. The Labute approximate surface area is 161 Å². The fourth-order valence-corrected chi connectivity index (χ4v) is 3.64. The average molecular weight is 406 g/mol. The van der Waals surface area contributed by atoms with E-state index in [0.29, 0.717) is 22.2 Å². The SMILES string of the molecule is COc1ccc(S(=O)(=O)NC(=O)c2cn(C)c(-c3ccccc3Cl)n2)cc1. The molecule has 2 aromatic carbocycles. The lowest BCUT2D eigenvalue weighted by Crippen LogP contribution is -2.30. The standard InChI is InChI=1S/C18H16ClN3O4S/c1-22-11-16(20-17(22)14-5-3-4-6-15(14)19)18(23)21-27(24,25)13-9-7-12(26-2)8-10-13/h3-11H,1-2H3,(H,21,23). The summed E-state index contributed by atoms with van der Waals surface area (Å²) in [6.45, 7) is 0. The van der Waals surface area contributed by atoms with E-state index in [1.54, 1.807) is 35.9 Å². The summed E-state index contributed by atoms with van der Waals surface area (Å²) in [6, 6.07) is 12.7. The minimum absolute atomic E-state index is 0.0375. The first-order chi connectivity index (χ1) is 12.8. The molecule has 0 saturated carbocycles. The summed E-state index contributed by atoms with van der Waals surface area (Å²) in [5.41, 5.74) is 0.600. The van der Waals surface area contributed by atoms with Gasteiger partial charge in [-0.15, -0.1) is 0 Å². The number of halogens is 1. The van der Waals surface area contributed by atoms with E-state index in [9.17, 15) is 13.2 Å². The van der Waals surface area contributed by atoms with Crippen LogP contribution in [0.25, 0.3) is 11.4 Å². The second-order valence-corrected chi connectivity index (χ2v) is 7.74. The molecule has 0 aliphatic carbocycles. The van der Waals surface area contributed by atoms with Crippen LogP contribution in [0, 0.1) is 0 Å². The molecule has 3 aromatic rings. The van der Waals surface area contributed by atoms with E-state index < -0.39 is 15.9 Å². The fraction of sp³-hybridized carbons (Fsp3) is 0.111. The summed E-state index contributed by atoms with van der Waals surface area (Å²) in [5, 5.41) is 0.476. The second kappa shape index (κ2) is 7.42. The lowest BCUT2D eigenvalue weighted by Gasteiger charge is -2.06. The number of carbonyl (C=O) groups excluding carboxylic acids is 1. The van der Waals surface area contributed by atoms with Crippen LogP contribution >= 0.6 is 11.6 Å². The van der Waals surface area contributed by atoms with Gasteiger partial charge in [-0.05, 0) is 36.4 Å². The topological polar surface area (TPSA) is 90.3 Å². The van der Waals surface area contributed by atoms with E-state index in [-0.39, 0.29) is 10.6 Å². The zero-order valence-corrected chi connectivity index (χ0v) is 16.1. The van der Waals surface area contributed by atoms with E-state index in [4.69, 9.17) is 16.3 Å². The van der Waals surface area contributed by atoms with Gasteiger partial charge in [0.25, 0.3) is 15.9 Å². The van der Waals surface area contributed by atoms with E-state index in [1.807, 2.05) is 4.72 Å². The number of nitrogens with one attached hydrogen (secondary N) is 1. The maximum absolute atomic E-state index is 12.4. The van der Waals surface area contributed by atoms with Gasteiger partial charge in [0, 0.05) is 18.8 Å². The number of hydrogen-bond acceptors (Lipinski definition) is 5. The van der Waals surface area contributed by atoms with Crippen molar-refractivity contribution < 1.29 is 17.9 Å². The number of sulfonamides is 1. The Balaban J connectivity index is 1.86. The van der Waals surface area contributed by atoms with Crippen molar-refractivity contribution in [3.63, 3.8) is 0 Å². The summed E-state index contributed by atoms with van der Waals surface area (Å²) >= 11 is 6.17. The number of aromatic nitrogens is 2. The zero-order valence-electron chi connectivity index (χ0n) is 14.5. The largest absolute Gasteiger partial charge is 0.497 e. The molecular formula is C18H16ClN3O4S. The third kappa shape index (κ3) is 3.96. The van der Waals surface area contributed by atoms with Gasteiger partial charge in [-0.2, -0.15) is 0 Å². The number of ether oxygens (including phenoxy) is 1. The summed E-state index contributed by atoms with van der Waals surface area (Å²) in [6.07, 6.45) is 1.44. The van der Waals surface area contributed by atoms with Crippen molar-refractivity contribution in [3.8, 4) is 17.1 Å². The minimum atomic E-state index is -4.04. The first kappa shape index (κ1) is 18.9. The van der Waals surface area contributed by atoms with Crippen molar-refractivity contribution in [1.82, 2.24) is 14.3 Å². The number of imidazole rings is 1. The highest BCUT2D eigenvalue weighted by Crippen LogP contribution is 2.26. The average Bonchev–Trinajstić information content (AvgIpc) is 3.03. The number of rotatable bonds is 5. The Morgan fingerprint density at radius 1 is 1.15 bits per heavy atom. The predicted molar refractivity (Wildman–Crippen MR) is 101 cm³/mol. The molecule has 140 valence electrons. The molecule has 0 saturated heterocycles. The van der Waals surface area contributed by atoms with Crippen molar-refractivity contribution in [2.24, 2.45) is 7.05 Å². The van der Waals surface area contributed by atoms with Gasteiger partial charge in [-0.3, -0.25) is 4.79 Å². The number of amides is 1. The van der Waals surface area contributed by atoms with E-state index in [0.717, 1.165) is 0 Å². The van der Waals surface area contributed by atoms with E-state index in [1.165, 1.54) is 37.6 Å². The number of methoxy groups -OCH3 is 1. The third-order valence-electron chi connectivity index (χ3n) is 3.82.